The molecule has 1 heterocycles. The Balaban J connectivity index is 2.06. The van der Waals surface area contributed by atoms with Crippen molar-refractivity contribution in [2.45, 2.75) is 6.92 Å². The third kappa shape index (κ3) is 5.32. The van der Waals surface area contributed by atoms with Crippen LogP contribution in [0, 0.1) is 6.92 Å². The molecule has 0 saturated carbocycles. The topological polar surface area (TPSA) is 107 Å². The molecule has 0 aliphatic rings. The highest BCUT2D eigenvalue weighted by Gasteiger charge is 2.15. The highest BCUT2D eigenvalue weighted by Crippen LogP contribution is 2.32. The number of aromatic nitrogens is 2. The van der Waals surface area contributed by atoms with Crippen LogP contribution in [-0.4, -0.2) is 46.9 Å². The Bertz CT molecular complexity index is 1140. The first kappa shape index (κ1) is 22.1. The van der Waals surface area contributed by atoms with E-state index in [1.165, 1.54) is 26.0 Å². The lowest BCUT2D eigenvalue weighted by molar-refractivity contribution is 0.183. The van der Waals surface area contributed by atoms with Crippen molar-refractivity contribution in [3.63, 3.8) is 0 Å². The number of phenolic OH excluding ortho intramolecular Hbond substituents is 1. The lowest BCUT2D eigenvalue weighted by atomic mass is 10.0. The van der Waals surface area contributed by atoms with Gasteiger partial charge >= 0.3 is 6.09 Å². The molecule has 0 aliphatic heterocycles. The summed E-state index contributed by atoms with van der Waals surface area (Å²) in [5.74, 6) is 1.32. The minimum atomic E-state index is -0.712. The molecule has 0 spiro atoms. The van der Waals surface area contributed by atoms with Gasteiger partial charge in [0.15, 0.2) is 11.5 Å². The summed E-state index contributed by atoms with van der Waals surface area (Å²) < 4.78 is 14.8. The summed E-state index contributed by atoms with van der Waals surface area (Å²) in [6.07, 6.45) is 2.96. The molecule has 1 aromatic heterocycles. The van der Waals surface area contributed by atoms with Crippen molar-refractivity contribution in [1.82, 2.24) is 10.1 Å². The SMILES string of the molecule is COC(=O)/N=C(SC)/C(=C/c1ccc(-c2noc(C)n2)cc1)c1ccc(OC)c(O)c1. The fourth-order valence-corrected chi connectivity index (χ4v) is 3.34. The summed E-state index contributed by atoms with van der Waals surface area (Å²) in [5.41, 5.74) is 2.96. The first-order chi connectivity index (χ1) is 14.9. The van der Waals surface area contributed by atoms with Crippen LogP contribution in [0.4, 0.5) is 4.79 Å². The summed E-state index contributed by atoms with van der Waals surface area (Å²) in [7, 11) is 2.75. The molecule has 1 amide bonds. The second kappa shape index (κ2) is 9.94. The zero-order valence-electron chi connectivity index (χ0n) is 17.4. The highest BCUT2D eigenvalue weighted by molar-refractivity contribution is 8.14. The van der Waals surface area contributed by atoms with Gasteiger partial charge in [0, 0.05) is 18.1 Å². The van der Waals surface area contributed by atoms with Crippen LogP contribution in [0.2, 0.25) is 0 Å². The van der Waals surface area contributed by atoms with E-state index in [1.807, 2.05) is 30.3 Å². The monoisotopic (exact) mass is 439 g/mol. The number of aromatic hydroxyl groups is 1. The number of hydrogen-bond acceptors (Lipinski definition) is 8. The summed E-state index contributed by atoms with van der Waals surface area (Å²) in [6.45, 7) is 1.73. The lowest BCUT2D eigenvalue weighted by Crippen LogP contribution is -2.03. The molecule has 9 heteroatoms. The molecule has 160 valence electrons. The van der Waals surface area contributed by atoms with Gasteiger partial charge in [-0.2, -0.15) is 9.98 Å². The predicted octanol–water partition coefficient (Wildman–Crippen LogP) is 4.83. The van der Waals surface area contributed by atoms with Gasteiger partial charge in [-0.25, -0.2) is 4.79 Å². The number of ether oxygens (including phenoxy) is 2. The van der Waals surface area contributed by atoms with Gasteiger partial charge in [-0.3, -0.25) is 0 Å². The number of aryl methyl sites for hydroxylation is 1. The largest absolute Gasteiger partial charge is 0.504 e. The zero-order chi connectivity index (χ0) is 22.4. The number of rotatable bonds is 5. The standard InChI is InChI=1S/C22H21N3O5S/c1-13-23-20(25-30-13)15-7-5-14(6-8-15)11-17(21(31-4)24-22(27)29-3)16-9-10-19(28-2)18(26)12-16/h5-12,26H,1-4H3/b17-11+,24-21-. The van der Waals surface area contributed by atoms with Crippen molar-refractivity contribution >= 4 is 34.5 Å². The fourth-order valence-electron chi connectivity index (χ4n) is 2.78. The van der Waals surface area contributed by atoms with Crippen molar-refractivity contribution in [3.05, 3.63) is 59.5 Å². The van der Waals surface area contributed by atoms with Gasteiger partial charge in [0.25, 0.3) is 0 Å². The van der Waals surface area contributed by atoms with E-state index in [1.54, 1.807) is 31.4 Å². The number of methoxy groups -OCH3 is 2. The molecule has 0 unspecified atom stereocenters. The van der Waals surface area contributed by atoms with Gasteiger partial charge in [0.2, 0.25) is 11.7 Å². The smallest absolute Gasteiger partial charge is 0.434 e. The minimum Gasteiger partial charge on any atom is -0.504 e. The number of carbonyl (C=O) groups excluding carboxylic acids is 1. The molecule has 0 bridgehead atoms. The maximum Gasteiger partial charge on any atom is 0.434 e. The molecule has 3 aromatic rings. The minimum absolute atomic E-state index is 0.0211. The number of amides is 1. The second-order valence-electron chi connectivity index (χ2n) is 6.29. The maximum absolute atomic E-state index is 11.8. The van der Waals surface area contributed by atoms with Gasteiger partial charge in [0.05, 0.1) is 14.2 Å². The molecule has 3 rings (SSSR count). The summed E-state index contributed by atoms with van der Waals surface area (Å²) in [4.78, 5) is 20.1. The first-order valence-corrected chi connectivity index (χ1v) is 10.4. The molecular formula is C22H21N3O5S. The van der Waals surface area contributed by atoms with Crippen LogP contribution in [0.3, 0.4) is 0 Å². The number of nitrogens with zero attached hydrogens (tertiary/aromatic N) is 3. The van der Waals surface area contributed by atoms with Crippen LogP contribution >= 0.6 is 11.8 Å². The summed E-state index contributed by atoms with van der Waals surface area (Å²) in [6, 6.07) is 12.5. The molecule has 0 saturated heterocycles. The van der Waals surface area contributed by atoms with Gasteiger partial charge in [-0.1, -0.05) is 35.5 Å². The van der Waals surface area contributed by atoms with Crippen molar-refractivity contribution in [1.29, 1.82) is 0 Å². The molecule has 0 fully saturated rings. The average molecular weight is 439 g/mol. The predicted molar refractivity (Wildman–Crippen MR) is 120 cm³/mol. The van der Waals surface area contributed by atoms with Crippen LogP contribution < -0.4 is 4.74 Å². The number of thioether (sulfide) groups is 1. The van der Waals surface area contributed by atoms with Gasteiger partial charge < -0.3 is 19.1 Å². The van der Waals surface area contributed by atoms with Crippen molar-refractivity contribution in [2.75, 3.05) is 20.5 Å². The van der Waals surface area contributed by atoms with Crippen molar-refractivity contribution in [3.8, 4) is 22.9 Å². The molecule has 0 aliphatic carbocycles. The van der Waals surface area contributed by atoms with Crippen molar-refractivity contribution in [2.24, 2.45) is 4.99 Å². The second-order valence-corrected chi connectivity index (χ2v) is 7.09. The third-order valence-corrected chi connectivity index (χ3v) is 4.99. The average Bonchev–Trinajstić information content (AvgIpc) is 3.22. The van der Waals surface area contributed by atoms with Gasteiger partial charge in [-0.15, -0.1) is 11.8 Å². The molecule has 0 radical (unpaired) electrons. The first-order valence-electron chi connectivity index (χ1n) is 9.16. The van der Waals surface area contributed by atoms with E-state index in [0.717, 1.165) is 11.1 Å². The third-order valence-electron chi connectivity index (χ3n) is 4.29. The fraction of sp³-hybridized carbons (Fsp3) is 0.182. The Morgan fingerprint density at radius 3 is 2.48 bits per heavy atom. The molecule has 8 nitrogen and oxygen atoms in total. The number of benzene rings is 2. The van der Waals surface area contributed by atoms with Gasteiger partial charge in [-0.05, 0) is 35.6 Å². The van der Waals surface area contributed by atoms with E-state index in [2.05, 4.69) is 19.9 Å². The molecule has 2 aromatic carbocycles. The summed E-state index contributed by atoms with van der Waals surface area (Å²) in [5, 5.41) is 14.6. The summed E-state index contributed by atoms with van der Waals surface area (Å²) >= 11 is 1.29. The molecule has 1 N–H and O–H groups in total. The van der Waals surface area contributed by atoms with E-state index in [0.29, 0.717) is 33.6 Å². The molecule has 31 heavy (non-hydrogen) atoms. The lowest BCUT2D eigenvalue weighted by Gasteiger charge is -2.12. The normalized spacial score (nSPS) is 12.0. The Morgan fingerprint density at radius 2 is 1.94 bits per heavy atom. The van der Waals surface area contributed by atoms with Crippen LogP contribution in [0.5, 0.6) is 11.5 Å². The van der Waals surface area contributed by atoms with Gasteiger partial charge in [0.1, 0.15) is 5.04 Å². The highest BCUT2D eigenvalue weighted by atomic mass is 32.2. The molecular weight excluding hydrogens is 418 g/mol. The maximum atomic E-state index is 11.8. The zero-order valence-corrected chi connectivity index (χ0v) is 18.3. The number of phenols is 1. The van der Waals surface area contributed by atoms with Crippen molar-refractivity contribution < 1.29 is 23.9 Å². The molecule has 0 atom stereocenters. The Labute approximate surface area is 183 Å². The van der Waals surface area contributed by atoms with Crippen LogP contribution in [-0.2, 0) is 4.74 Å². The van der Waals surface area contributed by atoms with Crippen LogP contribution in [0.25, 0.3) is 23.0 Å². The van der Waals surface area contributed by atoms with E-state index >= 15 is 0 Å². The van der Waals surface area contributed by atoms with E-state index in [9.17, 15) is 9.90 Å². The quantitative estimate of drug-likeness (QED) is 0.342. The number of hydrogen-bond donors (Lipinski definition) is 1. The van der Waals surface area contributed by atoms with E-state index < -0.39 is 6.09 Å². The Kier molecular flexibility index (Phi) is 7.09. The van der Waals surface area contributed by atoms with E-state index in [4.69, 9.17) is 9.26 Å². The van der Waals surface area contributed by atoms with Crippen LogP contribution in [0.15, 0.2) is 52.0 Å². The number of carbonyl (C=O) groups is 1. The number of aliphatic imine (C=N–C) groups is 1. The van der Waals surface area contributed by atoms with E-state index in [-0.39, 0.29) is 5.75 Å². The van der Waals surface area contributed by atoms with Crippen LogP contribution in [0.1, 0.15) is 17.0 Å². The Hall–Kier alpha value is -3.59. The Morgan fingerprint density at radius 1 is 1.19 bits per heavy atom.